The maximum Gasteiger partial charge on any atom is 0.331 e. The van der Waals surface area contributed by atoms with Gasteiger partial charge in [-0.2, -0.15) is 0 Å². The summed E-state index contributed by atoms with van der Waals surface area (Å²) in [6.07, 6.45) is 2.44. The van der Waals surface area contributed by atoms with Crippen molar-refractivity contribution in [2.75, 3.05) is 6.67 Å². The minimum Gasteiger partial charge on any atom is -0.296 e. The lowest BCUT2D eigenvalue weighted by molar-refractivity contribution is 0.393. The van der Waals surface area contributed by atoms with E-state index < -0.39 is 33.5 Å². The molecule has 28 heavy (non-hydrogen) atoms. The van der Waals surface area contributed by atoms with Crippen LogP contribution in [0.15, 0.2) is 44.3 Å². The zero-order valence-electron chi connectivity index (χ0n) is 14.9. The quantitative estimate of drug-likeness (QED) is 0.636. The Morgan fingerprint density at radius 2 is 2.07 bits per heavy atom. The number of fused-ring (bicyclic) bond motifs is 1. The molecule has 2 aromatic heterocycles. The minimum atomic E-state index is -4.00. The molecule has 4 rings (SSSR count). The Labute approximate surface area is 163 Å². The average molecular weight is 424 g/mol. The Morgan fingerprint density at radius 1 is 1.32 bits per heavy atom. The number of nitrogens with zero attached hydrogens (tertiary/aromatic N) is 3. The van der Waals surface area contributed by atoms with Crippen LogP contribution in [-0.2, 0) is 23.6 Å². The zero-order chi connectivity index (χ0) is 20.1. The van der Waals surface area contributed by atoms with Gasteiger partial charge in [0.25, 0.3) is 5.56 Å². The van der Waals surface area contributed by atoms with Crippen LogP contribution < -0.4 is 16.0 Å². The highest BCUT2D eigenvalue weighted by molar-refractivity contribution is 7.89. The fraction of sp³-hybridized carbons (Fsp3) is 0.353. The molecule has 0 bridgehead atoms. The molecular weight excluding hydrogens is 407 g/mol. The lowest BCUT2D eigenvalue weighted by Crippen LogP contribution is -2.40. The largest absolute Gasteiger partial charge is 0.331 e. The zero-order valence-corrected chi connectivity index (χ0v) is 16.5. The molecule has 1 aliphatic rings. The van der Waals surface area contributed by atoms with Crippen LogP contribution in [0.2, 0.25) is 0 Å². The molecule has 0 amide bonds. The number of halogens is 1. The van der Waals surface area contributed by atoms with E-state index in [1.54, 1.807) is 11.6 Å². The number of aryl methyl sites for hydroxylation is 1. The number of rotatable bonds is 6. The van der Waals surface area contributed by atoms with Crippen molar-refractivity contribution in [3.63, 3.8) is 0 Å². The summed E-state index contributed by atoms with van der Waals surface area (Å²) < 4.78 is 47.0. The molecule has 1 aliphatic carbocycles. The van der Waals surface area contributed by atoms with E-state index >= 15 is 0 Å². The molecular formula is C17H17FN4O4S2. The standard InChI is InChI=1S/C17H17FN4O4S2/c1-21-14-3-2-12(28(25,26)20-17(10-18)4-5-17)6-13(14)15(23)22(16(21)24)8-11-7-19-27-9-11/h2-3,6-7,9,20H,4-5,8,10H2,1H3. The molecule has 0 unspecified atom stereocenters. The third-order valence-electron chi connectivity index (χ3n) is 4.92. The van der Waals surface area contributed by atoms with Gasteiger partial charge >= 0.3 is 5.69 Å². The van der Waals surface area contributed by atoms with Gasteiger partial charge in [0.15, 0.2) is 0 Å². The van der Waals surface area contributed by atoms with E-state index in [0.717, 1.165) is 4.57 Å². The van der Waals surface area contributed by atoms with Gasteiger partial charge in [-0.15, -0.1) is 0 Å². The van der Waals surface area contributed by atoms with Crippen molar-refractivity contribution in [1.29, 1.82) is 0 Å². The topological polar surface area (TPSA) is 103 Å². The van der Waals surface area contributed by atoms with Gasteiger partial charge in [-0.05, 0) is 42.6 Å². The van der Waals surface area contributed by atoms with Crippen LogP contribution in [0, 0.1) is 0 Å². The van der Waals surface area contributed by atoms with Gasteiger partial charge < -0.3 is 0 Å². The normalized spacial score (nSPS) is 15.8. The monoisotopic (exact) mass is 424 g/mol. The Hall–Kier alpha value is -2.37. The van der Waals surface area contributed by atoms with Gasteiger partial charge in [0.2, 0.25) is 10.0 Å². The number of alkyl halides is 1. The van der Waals surface area contributed by atoms with Crippen LogP contribution in [0.5, 0.6) is 0 Å². The molecule has 0 spiro atoms. The first-order chi connectivity index (χ1) is 13.3. The molecule has 0 atom stereocenters. The summed E-state index contributed by atoms with van der Waals surface area (Å²) in [5.74, 6) is 0. The van der Waals surface area contributed by atoms with E-state index in [9.17, 15) is 22.4 Å². The highest BCUT2D eigenvalue weighted by Gasteiger charge is 2.46. The summed E-state index contributed by atoms with van der Waals surface area (Å²) in [7, 11) is -2.48. The molecule has 1 aromatic carbocycles. The fourth-order valence-corrected chi connectivity index (χ4v) is 5.04. The van der Waals surface area contributed by atoms with E-state index in [2.05, 4.69) is 9.10 Å². The third kappa shape index (κ3) is 3.19. The van der Waals surface area contributed by atoms with Gasteiger partial charge in [0, 0.05) is 24.2 Å². The predicted molar refractivity (Wildman–Crippen MR) is 103 cm³/mol. The minimum absolute atomic E-state index is 0.0398. The molecule has 2 heterocycles. The van der Waals surface area contributed by atoms with E-state index in [-0.39, 0.29) is 16.8 Å². The van der Waals surface area contributed by atoms with Gasteiger partial charge in [-0.3, -0.25) is 13.9 Å². The van der Waals surface area contributed by atoms with Gasteiger partial charge in [-0.25, -0.2) is 26.7 Å². The first-order valence-corrected chi connectivity index (χ1v) is 10.8. The summed E-state index contributed by atoms with van der Waals surface area (Å²) in [4.78, 5) is 25.4. The Bertz CT molecular complexity index is 1270. The van der Waals surface area contributed by atoms with Gasteiger partial charge in [0.1, 0.15) is 6.67 Å². The summed E-state index contributed by atoms with van der Waals surface area (Å²) in [6.45, 7) is -0.742. The van der Waals surface area contributed by atoms with Crippen molar-refractivity contribution in [3.8, 4) is 0 Å². The summed E-state index contributed by atoms with van der Waals surface area (Å²) in [5, 5.41) is 1.82. The Morgan fingerprint density at radius 3 is 2.68 bits per heavy atom. The first-order valence-electron chi connectivity index (χ1n) is 8.48. The average Bonchev–Trinajstić information content (AvgIpc) is 3.24. The van der Waals surface area contributed by atoms with Crippen LogP contribution in [0.3, 0.4) is 0 Å². The maximum absolute atomic E-state index is 13.1. The van der Waals surface area contributed by atoms with Gasteiger partial charge in [-0.1, -0.05) is 0 Å². The summed E-state index contributed by atoms with van der Waals surface area (Å²) in [5.41, 5.74) is -1.11. The Kier molecular flexibility index (Phi) is 4.47. The van der Waals surface area contributed by atoms with Crippen molar-refractivity contribution < 1.29 is 12.8 Å². The van der Waals surface area contributed by atoms with Crippen LogP contribution in [0.1, 0.15) is 18.4 Å². The molecule has 148 valence electrons. The van der Waals surface area contributed by atoms with E-state index in [0.29, 0.717) is 23.9 Å². The molecule has 0 aliphatic heterocycles. The lowest BCUT2D eigenvalue weighted by atomic mass is 10.2. The number of aromatic nitrogens is 3. The van der Waals surface area contributed by atoms with Crippen LogP contribution in [0.25, 0.3) is 10.9 Å². The smallest absolute Gasteiger partial charge is 0.296 e. The summed E-state index contributed by atoms with van der Waals surface area (Å²) >= 11 is 1.21. The second-order valence-electron chi connectivity index (χ2n) is 6.96. The lowest BCUT2D eigenvalue weighted by Gasteiger charge is -2.15. The van der Waals surface area contributed by atoms with E-state index in [4.69, 9.17) is 0 Å². The highest BCUT2D eigenvalue weighted by Crippen LogP contribution is 2.37. The summed E-state index contributed by atoms with van der Waals surface area (Å²) in [6, 6.07) is 3.96. The van der Waals surface area contributed by atoms with Crippen LogP contribution in [-0.4, -0.2) is 34.1 Å². The molecule has 0 saturated heterocycles. The highest BCUT2D eigenvalue weighted by atomic mass is 32.2. The third-order valence-corrected chi connectivity index (χ3v) is 7.13. The second kappa shape index (κ2) is 6.61. The van der Waals surface area contributed by atoms with Crippen molar-refractivity contribution in [2.45, 2.75) is 29.8 Å². The van der Waals surface area contributed by atoms with Crippen LogP contribution in [0.4, 0.5) is 4.39 Å². The maximum atomic E-state index is 13.1. The van der Waals surface area contributed by atoms with Crippen molar-refractivity contribution in [2.24, 2.45) is 7.05 Å². The predicted octanol–water partition coefficient (Wildman–Crippen LogP) is 0.985. The molecule has 1 N–H and O–H groups in total. The molecule has 3 aromatic rings. The molecule has 8 nitrogen and oxygen atoms in total. The van der Waals surface area contributed by atoms with Crippen LogP contribution >= 0.6 is 11.5 Å². The van der Waals surface area contributed by atoms with E-state index in [1.807, 2.05) is 0 Å². The molecule has 1 saturated carbocycles. The molecule has 1 fully saturated rings. The Balaban J connectivity index is 1.85. The molecule has 11 heteroatoms. The van der Waals surface area contributed by atoms with E-state index in [1.165, 1.54) is 41.3 Å². The molecule has 0 radical (unpaired) electrons. The fourth-order valence-electron chi connectivity index (χ4n) is 3.05. The number of hydrogen-bond donors (Lipinski definition) is 1. The first kappa shape index (κ1) is 19.0. The SMILES string of the molecule is Cn1c(=O)n(Cc2cnsc2)c(=O)c2cc(S(=O)(=O)NC3(CF)CC3)ccc21. The second-order valence-corrected chi connectivity index (χ2v) is 9.30. The number of benzene rings is 1. The number of nitrogens with one attached hydrogen (secondary N) is 1. The van der Waals surface area contributed by atoms with Crippen molar-refractivity contribution in [3.05, 3.63) is 56.2 Å². The van der Waals surface area contributed by atoms with Gasteiger partial charge in [0.05, 0.1) is 27.9 Å². The van der Waals surface area contributed by atoms with Crippen molar-refractivity contribution >= 4 is 32.5 Å². The number of sulfonamides is 1. The number of hydrogen-bond acceptors (Lipinski definition) is 6. The van der Waals surface area contributed by atoms with Crippen molar-refractivity contribution in [1.82, 2.24) is 18.2 Å².